The van der Waals surface area contributed by atoms with Gasteiger partial charge in [0, 0.05) is 35.7 Å². The van der Waals surface area contributed by atoms with Crippen LogP contribution in [0.2, 0.25) is 0 Å². The molecule has 0 N–H and O–H groups in total. The lowest BCUT2D eigenvalue weighted by atomic mass is 9.73. The van der Waals surface area contributed by atoms with Crippen LogP contribution in [0.15, 0.2) is 48.7 Å². The fraction of sp³-hybridized carbons (Fsp3) is 0.472. The molecule has 0 bridgehead atoms. The molecule has 7 nitrogen and oxygen atoms in total. The molecule has 1 saturated carbocycles. The smallest absolute Gasteiger partial charge is 0.411 e. The van der Waals surface area contributed by atoms with Crippen molar-refractivity contribution >= 4 is 12.1 Å². The maximum Gasteiger partial charge on any atom is 0.411 e. The van der Waals surface area contributed by atoms with Crippen LogP contribution in [-0.2, 0) is 32.7 Å². The normalized spacial score (nSPS) is 22.9. The van der Waals surface area contributed by atoms with Gasteiger partial charge in [-0.3, -0.25) is 9.69 Å². The number of aryl methyl sites for hydroxylation is 1. The van der Waals surface area contributed by atoms with E-state index in [2.05, 4.69) is 4.98 Å². The second-order valence-electron chi connectivity index (χ2n) is 14.0. The van der Waals surface area contributed by atoms with Crippen LogP contribution in [-0.4, -0.2) is 40.7 Å². The third-order valence-electron chi connectivity index (χ3n) is 9.15. The number of carbonyl (C=O) groups excluding carboxylic acids is 2. The number of carbonyl (C=O) groups is 2. The zero-order chi connectivity index (χ0) is 31.6. The summed E-state index contributed by atoms with van der Waals surface area (Å²) in [6.07, 6.45) is 2.16. The SMILES string of the molecule is CCOC(=O)[C@H]1[C@@H]2Cc3cc(OCc4cc5c(cc4F)C(C)(C)CN(C(=O)OC(C)(C)C)C5c4ccccc4C)ncc3[C@@H]21. The topological polar surface area (TPSA) is 78.0 Å². The largest absolute Gasteiger partial charge is 0.473 e. The standard InChI is InChI=1S/C36H41FN2O5/c1-8-42-33(40)31-25-13-21-15-29(38-17-26(21)30(25)31)43-18-22-14-24-27(16-28(22)37)36(6,7)19-39(34(41)44-35(3,4)5)32(24)23-12-10-9-11-20(23)2/h9-12,14-17,25,30-32H,8,13,18-19H2,1-7H3/t25-,30-,31+,32?/m1/s1. The van der Waals surface area contributed by atoms with Gasteiger partial charge in [0.1, 0.15) is 18.0 Å². The number of hydrogen-bond acceptors (Lipinski definition) is 6. The predicted molar refractivity (Wildman–Crippen MR) is 164 cm³/mol. The summed E-state index contributed by atoms with van der Waals surface area (Å²) in [6, 6.07) is 12.9. The second kappa shape index (κ2) is 10.9. The van der Waals surface area contributed by atoms with Crippen molar-refractivity contribution in [1.82, 2.24) is 9.88 Å². The molecule has 232 valence electrons. The molecule has 1 fully saturated rings. The molecule has 1 aromatic heterocycles. The molecule has 3 aromatic rings. The second-order valence-corrected chi connectivity index (χ2v) is 14.0. The van der Waals surface area contributed by atoms with E-state index in [4.69, 9.17) is 14.2 Å². The molecule has 0 radical (unpaired) electrons. The highest BCUT2D eigenvalue weighted by Crippen LogP contribution is 2.62. The van der Waals surface area contributed by atoms with Gasteiger partial charge < -0.3 is 14.2 Å². The van der Waals surface area contributed by atoms with Gasteiger partial charge in [0.15, 0.2) is 0 Å². The van der Waals surface area contributed by atoms with Gasteiger partial charge in [-0.05, 0) is 92.5 Å². The molecular formula is C36H41FN2O5. The van der Waals surface area contributed by atoms with E-state index in [1.165, 1.54) is 0 Å². The van der Waals surface area contributed by atoms with Gasteiger partial charge in [-0.25, -0.2) is 14.2 Å². The van der Waals surface area contributed by atoms with Crippen molar-refractivity contribution in [3.8, 4) is 5.88 Å². The highest BCUT2D eigenvalue weighted by molar-refractivity contribution is 5.79. The Kier molecular flexibility index (Phi) is 7.45. The molecule has 4 atom stereocenters. The fourth-order valence-electron chi connectivity index (χ4n) is 7.11. The minimum absolute atomic E-state index is 0.0173. The van der Waals surface area contributed by atoms with E-state index in [1.54, 1.807) is 17.2 Å². The quantitative estimate of drug-likeness (QED) is 0.279. The first-order valence-electron chi connectivity index (χ1n) is 15.4. The molecule has 1 aliphatic heterocycles. The number of amides is 1. The van der Waals surface area contributed by atoms with Crippen molar-refractivity contribution < 1.29 is 28.2 Å². The Labute approximate surface area is 258 Å². The lowest BCUT2D eigenvalue weighted by Crippen LogP contribution is -2.50. The predicted octanol–water partition coefficient (Wildman–Crippen LogP) is 7.17. The van der Waals surface area contributed by atoms with Crippen molar-refractivity contribution in [1.29, 1.82) is 0 Å². The Balaban J connectivity index is 1.30. The van der Waals surface area contributed by atoms with Crippen molar-refractivity contribution in [2.45, 2.75) is 84.5 Å². The molecule has 44 heavy (non-hydrogen) atoms. The van der Waals surface area contributed by atoms with E-state index in [9.17, 15) is 9.59 Å². The maximum atomic E-state index is 15.7. The van der Waals surface area contributed by atoms with Crippen molar-refractivity contribution in [2.75, 3.05) is 13.2 Å². The van der Waals surface area contributed by atoms with Crippen LogP contribution in [0.25, 0.3) is 0 Å². The van der Waals surface area contributed by atoms with E-state index in [0.717, 1.165) is 39.8 Å². The Bertz CT molecular complexity index is 1630. The number of pyridine rings is 1. The first-order chi connectivity index (χ1) is 20.8. The summed E-state index contributed by atoms with van der Waals surface area (Å²) in [4.78, 5) is 32.2. The maximum absolute atomic E-state index is 15.7. The number of esters is 1. The van der Waals surface area contributed by atoms with Gasteiger partial charge in [-0.15, -0.1) is 0 Å². The number of rotatable bonds is 6. The summed E-state index contributed by atoms with van der Waals surface area (Å²) in [7, 11) is 0. The van der Waals surface area contributed by atoms with Gasteiger partial charge in [-0.2, -0.15) is 0 Å². The van der Waals surface area contributed by atoms with E-state index in [0.29, 0.717) is 24.6 Å². The number of halogens is 1. The zero-order valence-corrected chi connectivity index (χ0v) is 26.6. The number of ether oxygens (including phenoxy) is 3. The van der Waals surface area contributed by atoms with Crippen LogP contribution in [0.5, 0.6) is 5.88 Å². The van der Waals surface area contributed by atoms with Crippen LogP contribution >= 0.6 is 0 Å². The van der Waals surface area contributed by atoms with Crippen LogP contribution in [0.4, 0.5) is 9.18 Å². The summed E-state index contributed by atoms with van der Waals surface area (Å²) in [5, 5.41) is 0. The van der Waals surface area contributed by atoms with Crippen LogP contribution in [0.3, 0.4) is 0 Å². The summed E-state index contributed by atoms with van der Waals surface area (Å²) in [6.45, 7) is 14.2. The first kappa shape index (κ1) is 30.1. The van der Waals surface area contributed by atoms with Crippen molar-refractivity contribution in [3.63, 3.8) is 0 Å². The van der Waals surface area contributed by atoms with Gasteiger partial charge in [0.25, 0.3) is 0 Å². The number of benzene rings is 2. The summed E-state index contributed by atoms with van der Waals surface area (Å²) in [5.41, 5.74) is 5.11. The van der Waals surface area contributed by atoms with Gasteiger partial charge >= 0.3 is 12.1 Å². The summed E-state index contributed by atoms with van der Waals surface area (Å²) < 4.78 is 32.9. The van der Waals surface area contributed by atoms with E-state index < -0.39 is 23.2 Å². The van der Waals surface area contributed by atoms with Crippen molar-refractivity contribution in [2.24, 2.45) is 11.8 Å². The van der Waals surface area contributed by atoms with Crippen LogP contribution in [0.1, 0.15) is 92.4 Å². The minimum Gasteiger partial charge on any atom is -0.473 e. The number of nitrogens with zero attached hydrogens (tertiary/aromatic N) is 2. The van der Waals surface area contributed by atoms with Gasteiger partial charge in [0.05, 0.1) is 18.6 Å². The monoisotopic (exact) mass is 600 g/mol. The van der Waals surface area contributed by atoms with E-state index >= 15 is 4.39 Å². The average molecular weight is 601 g/mol. The first-order valence-corrected chi connectivity index (χ1v) is 15.4. The van der Waals surface area contributed by atoms with Gasteiger partial charge in [0.2, 0.25) is 5.88 Å². The molecule has 1 amide bonds. The highest BCUT2D eigenvalue weighted by Gasteiger charge is 2.60. The average Bonchev–Trinajstić information content (AvgIpc) is 3.53. The van der Waals surface area contributed by atoms with Crippen LogP contribution < -0.4 is 4.74 Å². The molecule has 0 saturated heterocycles. The molecule has 8 heteroatoms. The van der Waals surface area contributed by atoms with Crippen molar-refractivity contribution in [3.05, 3.63) is 93.4 Å². The molecule has 2 aromatic carbocycles. The molecule has 1 unspecified atom stereocenters. The minimum atomic E-state index is -0.664. The molecule has 2 aliphatic carbocycles. The molecular weight excluding hydrogens is 559 g/mol. The van der Waals surface area contributed by atoms with E-state index in [-0.39, 0.29) is 36.1 Å². The third-order valence-corrected chi connectivity index (χ3v) is 9.15. The Morgan fingerprint density at radius 1 is 1.09 bits per heavy atom. The summed E-state index contributed by atoms with van der Waals surface area (Å²) >= 11 is 0. The van der Waals surface area contributed by atoms with Crippen LogP contribution in [0, 0.1) is 24.6 Å². The number of aromatic nitrogens is 1. The Hall–Kier alpha value is -3.94. The molecule has 3 aliphatic rings. The molecule has 0 spiro atoms. The molecule has 6 rings (SSSR count). The Morgan fingerprint density at radius 3 is 2.55 bits per heavy atom. The summed E-state index contributed by atoms with van der Waals surface area (Å²) in [5.74, 6) is 0.277. The Morgan fingerprint density at radius 2 is 1.84 bits per heavy atom. The molecule has 2 heterocycles. The lowest BCUT2D eigenvalue weighted by molar-refractivity contribution is -0.145. The third kappa shape index (κ3) is 5.44. The lowest BCUT2D eigenvalue weighted by Gasteiger charge is -2.46. The number of fused-ring (bicyclic) bond motifs is 4. The van der Waals surface area contributed by atoms with Gasteiger partial charge in [-0.1, -0.05) is 38.1 Å². The number of hydrogen-bond donors (Lipinski definition) is 0. The highest BCUT2D eigenvalue weighted by atomic mass is 19.1. The van der Waals surface area contributed by atoms with E-state index in [1.807, 2.05) is 84.9 Å². The fourth-order valence-corrected chi connectivity index (χ4v) is 7.11. The zero-order valence-electron chi connectivity index (χ0n) is 26.6.